The number of aliphatic hydroxyl groups is 1. The molecule has 1 saturated heterocycles. The number of thiazole rings is 1. The number of carbonyl (C=O) groups excluding carboxylic acids is 1. The van der Waals surface area contributed by atoms with Gasteiger partial charge in [0, 0.05) is 30.7 Å². The van der Waals surface area contributed by atoms with Gasteiger partial charge in [0.05, 0.1) is 12.8 Å². The summed E-state index contributed by atoms with van der Waals surface area (Å²) in [5.74, 6) is 0. The van der Waals surface area contributed by atoms with Crippen molar-refractivity contribution in [3.05, 3.63) is 28.1 Å². The highest BCUT2D eigenvalue weighted by atomic mass is 32.1. The molecule has 0 aromatic carbocycles. The molecular weight excluding hydrogens is 330 g/mol. The van der Waals surface area contributed by atoms with Crippen LogP contribution in [0.3, 0.4) is 0 Å². The molecule has 130 valence electrons. The maximum Gasteiger partial charge on any atom is 0.319 e. The summed E-state index contributed by atoms with van der Waals surface area (Å²) < 4.78 is 1.40. The summed E-state index contributed by atoms with van der Waals surface area (Å²) in [5.41, 5.74) is -0.151. The van der Waals surface area contributed by atoms with Crippen molar-refractivity contribution in [2.24, 2.45) is 0 Å². The molecule has 3 heterocycles. The molecule has 1 aliphatic heterocycles. The van der Waals surface area contributed by atoms with Crippen LogP contribution in [0.1, 0.15) is 19.3 Å². The molecule has 0 saturated carbocycles. The maximum absolute atomic E-state index is 12.2. The number of piperidine rings is 1. The van der Waals surface area contributed by atoms with Crippen LogP contribution < -0.4 is 16.2 Å². The van der Waals surface area contributed by atoms with E-state index in [-0.39, 0.29) is 23.9 Å². The highest BCUT2D eigenvalue weighted by Crippen LogP contribution is 2.15. The number of nitrogens with zero attached hydrogens (tertiary/aromatic N) is 3. The summed E-state index contributed by atoms with van der Waals surface area (Å²) in [6.07, 6.45) is 6.25. The number of hydrogen-bond donors (Lipinski definition) is 3. The molecule has 3 N–H and O–H groups in total. The van der Waals surface area contributed by atoms with Crippen molar-refractivity contribution in [2.75, 3.05) is 31.6 Å². The first-order valence-corrected chi connectivity index (χ1v) is 8.91. The fraction of sp³-hybridized carbons (Fsp3) is 0.533. The van der Waals surface area contributed by atoms with Gasteiger partial charge in [-0.15, -0.1) is 11.3 Å². The van der Waals surface area contributed by atoms with Crippen LogP contribution >= 0.6 is 11.3 Å². The van der Waals surface area contributed by atoms with Crippen molar-refractivity contribution in [3.8, 4) is 0 Å². The zero-order chi connectivity index (χ0) is 16.9. The van der Waals surface area contributed by atoms with E-state index in [2.05, 4.69) is 20.5 Å². The van der Waals surface area contributed by atoms with Gasteiger partial charge in [-0.05, 0) is 19.4 Å². The van der Waals surface area contributed by atoms with Crippen molar-refractivity contribution in [1.82, 2.24) is 19.6 Å². The van der Waals surface area contributed by atoms with Crippen molar-refractivity contribution in [2.45, 2.75) is 25.3 Å². The largest absolute Gasteiger partial charge is 0.395 e. The highest BCUT2D eigenvalue weighted by Gasteiger charge is 2.21. The van der Waals surface area contributed by atoms with E-state index in [1.807, 2.05) is 0 Å². The van der Waals surface area contributed by atoms with E-state index in [0.29, 0.717) is 18.1 Å². The Bertz CT molecular complexity index is 759. The summed E-state index contributed by atoms with van der Waals surface area (Å²) in [7, 11) is 0. The Morgan fingerprint density at radius 2 is 2.33 bits per heavy atom. The summed E-state index contributed by atoms with van der Waals surface area (Å²) >= 11 is 1.36. The van der Waals surface area contributed by atoms with Gasteiger partial charge >= 0.3 is 6.03 Å². The van der Waals surface area contributed by atoms with Crippen LogP contribution in [0.2, 0.25) is 0 Å². The number of likely N-dealkylation sites (tertiary alicyclic amines) is 1. The number of hydrogen-bond acceptors (Lipinski definition) is 6. The standard InChI is InChI=1S/C15H21N5O3S/c21-10-11-3-1-2-5-19(11)6-4-16-14(23)18-12-9-17-15-20(13(12)22)7-8-24-15/h7-9,11,21H,1-6,10H2,(H2,16,18,23). The van der Waals surface area contributed by atoms with Crippen molar-refractivity contribution < 1.29 is 9.90 Å². The Labute approximate surface area is 143 Å². The van der Waals surface area contributed by atoms with E-state index in [9.17, 15) is 14.7 Å². The quantitative estimate of drug-likeness (QED) is 0.737. The Morgan fingerprint density at radius 1 is 1.46 bits per heavy atom. The lowest BCUT2D eigenvalue weighted by molar-refractivity contribution is 0.0917. The van der Waals surface area contributed by atoms with Gasteiger partial charge in [-0.3, -0.25) is 14.1 Å². The van der Waals surface area contributed by atoms with Crippen LogP contribution in [0, 0.1) is 0 Å². The molecule has 1 unspecified atom stereocenters. The number of fused-ring (bicyclic) bond motifs is 1. The second-order valence-corrected chi connectivity index (χ2v) is 6.65. The topological polar surface area (TPSA) is 99.0 Å². The lowest BCUT2D eigenvalue weighted by Gasteiger charge is -2.34. The number of urea groups is 1. The van der Waals surface area contributed by atoms with Gasteiger partial charge < -0.3 is 15.7 Å². The predicted octanol–water partition coefficient (Wildman–Crippen LogP) is 0.724. The fourth-order valence-electron chi connectivity index (χ4n) is 2.95. The normalized spacial score (nSPS) is 18.6. The predicted molar refractivity (Wildman–Crippen MR) is 92.7 cm³/mol. The smallest absolute Gasteiger partial charge is 0.319 e. The molecule has 2 aromatic heterocycles. The average Bonchev–Trinajstić information content (AvgIpc) is 3.07. The van der Waals surface area contributed by atoms with Gasteiger partial charge in [0.1, 0.15) is 5.69 Å². The molecule has 8 nitrogen and oxygen atoms in total. The first kappa shape index (κ1) is 16.9. The summed E-state index contributed by atoms with van der Waals surface area (Å²) in [4.78, 5) is 31.1. The molecule has 0 aliphatic carbocycles. The third-order valence-electron chi connectivity index (χ3n) is 4.24. The van der Waals surface area contributed by atoms with E-state index in [1.54, 1.807) is 11.6 Å². The molecule has 0 radical (unpaired) electrons. The number of nitrogens with one attached hydrogen (secondary N) is 2. The van der Waals surface area contributed by atoms with Gasteiger partial charge in [-0.2, -0.15) is 0 Å². The van der Waals surface area contributed by atoms with Gasteiger partial charge in [-0.1, -0.05) is 6.42 Å². The lowest BCUT2D eigenvalue weighted by atomic mass is 10.0. The molecule has 1 atom stereocenters. The van der Waals surface area contributed by atoms with Crippen molar-refractivity contribution in [1.29, 1.82) is 0 Å². The van der Waals surface area contributed by atoms with Crippen LogP contribution in [0.25, 0.3) is 4.96 Å². The van der Waals surface area contributed by atoms with Crippen LogP contribution in [0.15, 0.2) is 22.6 Å². The highest BCUT2D eigenvalue weighted by molar-refractivity contribution is 7.15. The molecule has 1 aliphatic rings. The number of carbonyl (C=O) groups is 1. The molecule has 24 heavy (non-hydrogen) atoms. The van der Waals surface area contributed by atoms with Crippen LogP contribution in [-0.2, 0) is 0 Å². The molecule has 1 fully saturated rings. The number of anilines is 1. The van der Waals surface area contributed by atoms with Gasteiger partial charge in [0.25, 0.3) is 5.56 Å². The molecule has 0 spiro atoms. The lowest BCUT2D eigenvalue weighted by Crippen LogP contribution is -2.46. The second-order valence-electron chi connectivity index (χ2n) is 5.78. The minimum Gasteiger partial charge on any atom is -0.395 e. The Kier molecular flexibility index (Phi) is 5.44. The third-order valence-corrected chi connectivity index (χ3v) is 5.01. The molecule has 2 amide bonds. The fourth-order valence-corrected chi connectivity index (χ4v) is 3.63. The van der Waals surface area contributed by atoms with Crippen molar-refractivity contribution in [3.63, 3.8) is 0 Å². The Hall–Kier alpha value is -1.97. The van der Waals surface area contributed by atoms with Crippen LogP contribution in [-0.4, -0.2) is 57.7 Å². The summed E-state index contributed by atoms with van der Waals surface area (Å²) in [5, 5.41) is 16.4. The van der Waals surface area contributed by atoms with E-state index >= 15 is 0 Å². The zero-order valence-electron chi connectivity index (χ0n) is 13.3. The van der Waals surface area contributed by atoms with E-state index < -0.39 is 6.03 Å². The van der Waals surface area contributed by atoms with E-state index in [4.69, 9.17) is 0 Å². The molecule has 2 aromatic rings. The number of aliphatic hydroxyl groups excluding tert-OH is 1. The molecule has 3 rings (SSSR count). The number of aromatic nitrogens is 2. The maximum atomic E-state index is 12.2. The average molecular weight is 351 g/mol. The van der Waals surface area contributed by atoms with Crippen molar-refractivity contribution >= 4 is 28.0 Å². The molecular formula is C15H21N5O3S. The minimum absolute atomic E-state index is 0.148. The summed E-state index contributed by atoms with van der Waals surface area (Å²) in [6.45, 7) is 2.22. The molecule has 9 heteroatoms. The second kappa shape index (κ2) is 7.73. The first-order chi connectivity index (χ1) is 11.7. The van der Waals surface area contributed by atoms with Gasteiger partial charge in [0.15, 0.2) is 4.96 Å². The minimum atomic E-state index is -0.429. The van der Waals surface area contributed by atoms with Gasteiger partial charge in [0.2, 0.25) is 0 Å². The monoisotopic (exact) mass is 351 g/mol. The van der Waals surface area contributed by atoms with Crippen LogP contribution in [0.4, 0.5) is 10.5 Å². The summed E-state index contributed by atoms with van der Waals surface area (Å²) in [6, 6.07) is -0.250. The van der Waals surface area contributed by atoms with Gasteiger partial charge in [-0.25, -0.2) is 9.78 Å². The SMILES string of the molecule is O=C(NCCN1CCCCC1CO)Nc1cnc2sccn2c1=O. The first-order valence-electron chi connectivity index (χ1n) is 8.03. The van der Waals surface area contributed by atoms with Crippen LogP contribution in [0.5, 0.6) is 0 Å². The zero-order valence-corrected chi connectivity index (χ0v) is 14.1. The third kappa shape index (κ3) is 3.74. The Morgan fingerprint density at radius 3 is 3.17 bits per heavy atom. The number of amides is 2. The number of rotatable bonds is 5. The van der Waals surface area contributed by atoms with E-state index in [1.165, 1.54) is 21.9 Å². The van der Waals surface area contributed by atoms with E-state index in [0.717, 1.165) is 25.8 Å². The molecule has 0 bridgehead atoms. The Balaban J connectivity index is 1.51.